The molecule has 1 fully saturated rings. The van der Waals surface area contributed by atoms with Crippen molar-refractivity contribution in [3.8, 4) is 0 Å². The Bertz CT molecular complexity index is 605. The average molecular weight is 319 g/mol. The first kappa shape index (κ1) is 15.4. The van der Waals surface area contributed by atoms with Crippen molar-refractivity contribution in [2.24, 2.45) is 7.05 Å². The molecule has 112 valence electrons. The van der Waals surface area contributed by atoms with Crippen molar-refractivity contribution in [3.63, 3.8) is 0 Å². The summed E-state index contributed by atoms with van der Waals surface area (Å²) in [6.07, 6.45) is 5.40. The van der Waals surface area contributed by atoms with E-state index in [0.29, 0.717) is 18.3 Å². The van der Waals surface area contributed by atoms with Gasteiger partial charge in [-0.2, -0.15) is 0 Å². The molecule has 1 amide bonds. The Morgan fingerprint density at radius 2 is 2.15 bits per heavy atom. The van der Waals surface area contributed by atoms with Crippen LogP contribution in [-0.2, 0) is 16.1 Å². The van der Waals surface area contributed by atoms with Crippen LogP contribution in [0.1, 0.15) is 43.1 Å². The predicted octanol–water partition coefficient (Wildman–Crippen LogP) is 2.36. The summed E-state index contributed by atoms with van der Waals surface area (Å²) < 4.78 is 24.2. The van der Waals surface area contributed by atoms with Crippen molar-refractivity contribution in [1.82, 2.24) is 9.47 Å². The molecule has 0 saturated heterocycles. The first-order chi connectivity index (χ1) is 9.34. The van der Waals surface area contributed by atoms with Crippen LogP contribution in [0.15, 0.2) is 17.2 Å². The highest BCUT2D eigenvalue weighted by molar-refractivity contribution is 8.13. The molecule has 5 nitrogen and oxygen atoms in total. The fourth-order valence-electron chi connectivity index (χ4n) is 2.19. The first-order valence-electron chi connectivity index (χ1n) is 6.76. The number of carbonyl (C=O) groups excluding carboxylic acids is 1. The van der Waals surface area contributed by atoms with E-state index >= 15 is 0 Å². The van der Waals surface area contributed by atoms with E-state index < -0.39 is 9.05 Å². The summed E-state index contributed by atoms with van der Waals surface area (Å²) in [6, 6.07) is 1.66. The molecule has 1 aromatic heterocycles. The van der Waals surface area contributed by atoms with Gasteiger partial charge in [0, 0.05) is 36.5 Å². The molecule has 1 aliphatic carbocycles. The van der Waals surface area contributed by atoms with Crippen LogP contribution in [0.5, 0.6) is 0 Å². The number of aryl methyl sites for hydroxylation is 1. The van der Waals surface area contributed by atoms with Gasteiger partial charge in [-0.3, -0.25) is 4.79 Å². The molecule has 0 bridgehead atoms. The number of amides is 1. The van der Waals surface area contributed by atoms with E-state index in [4.69, 9.17) is 10.7 Å². The molecule has 7 heteroatoms. The van der Waals surface area contributed by atoms with Gasteiger partial charge in [-0.1, -0.05) is 13.3 Å². The number of halogens is 1. The van der Waals surface area contributed by atoms with Crippen LogP contribution >= 0.6 is 10.7 Å². The number of nitrogens with zero attached hydrogens (tertiary/aromatic N) is 2. The summed E-state index contributed by atoms with van der Waals surface area (Å²) in [6.45, 7) is 2.80. The normalized spacial score (nSPS) is 15.3. The van der Waals surface area contributed by atoms with Gasteiger partial charge < -0.3 is 9.47 Å². The quantitative estimate of drug-likeness (QED) is 0.756. The second-order valence-corrected chi connectivity index (χ2v) is 7.76. The van der Waals surface area contributed by atoms with Crippen LogP contribution in [0, 0.1) is 0 Å². The molecule has 2 rings (SSSR count). The van der Waals surface area contributed by atoms with Gasteiger partial charge in [-0.15, -0.1) is 0 Å². The van der Waals surface area contributed by atoms with Crippen LogP contribution in [0.25, 0.3) is 0 Å². The summed E-state index contributed by atoms with van der Waals surface area (Å²) in [4.78, 5) is 14.4. The molecule has 1 aliphatic rings. The molecule has 1 saturated carbocycles. The van der Waals surface area contributed by atoms with Gasteiger partial charge in [0.25, 0.3) is 15.0 Å². The van der Waals surface area contributed by atoms with Gasteiger partial charge in [0.1, 0.15) is 10.6 Å². The summed E-state index contributed by atoms with van der Waals surface area (Å²) in [5, 5.41) is 0. The fourth-order valence-corrected chi connectivity index (χ4v) is 2.98. The Labute approximate surface area is 123 Å². The molecule has 0 atom stereocenters. The molecule has 0 unspecified atom stereocenters. The number of hydrogen-bond acceptors (Lipinski definition) is 3. The molecule has 0 spiro atoms. The molecule has 0 aromatic carbocycles. The Hall–Kier alpha value is -1.01. The van der Waals surface area contributed by atoms with Crippen LogP contribution in [-0.4, -0.2) is 36.4 Å². The van der Waals surface area contributed by atoms with Gasteiger partial charge in [0.2, 0.25) is 0 Å². The van der Waals surface area contributed by atoms with Gasteiger partial charge in [0.05, 0.1) is 0 Å². The molecular weight excluding hydrogens is 300 g/mol. The largest absolute Gasteiger partial charge is 0.345 e. The molecule has 0 N–H and O–H groups in total. The SMILES string of the molecule is CCCCN(C(=O)c1cc(S(=O)(=O)Cl)cn1C)C1CC1. The lowest BCUT2D eigenvalue weighted by molar-refractivity contribution is 0.0731. The van der Waals surface area contributed by atoms with Crippen LogP contribution in [0.2, 0.25) is 0 Å². The minimum absolute atomic E-state index is 0.0312. The fraction of sp³-hybridized carbons (Fsp3) is 0.615. The second-order valence-electron chi connectivity index (χ2n) is 5.19. The number of rotatable bonds is 6. The standard InChI is InChI=1S/C13H19ClN2O3S/c1-3-4-7-16(10-5-6-10)13(17)12-8-11(9-15(12)2)20(14,18)19/h8-10H,3-7H2,1-2H3. The lowest BCUT2D eigenvalue weighted by Crippen LogP contribution is -2.35. The van der Waals surface area contributed by atoms with Crippen molar-refractivity contribution in [2.45, 2.75) is 43.5 Å². The zero-order valence-corrected chi connectivity index (χ0v) is 13.2. The number of aromatic nitrogens is 1. The highest BCUT2D eigenvalue weighted by Gasteiger charge is 2.34. The summed E-state index contributed by atoms with van der Waals surface area (Å²) in [5.41, 5.74) is 0.368. The van der Waals surface area contributed by atoms with Crippen molar-refractivity contribution in [3.05, 3.63) is 18.0 Å². The number of unbranched alkanes of at least 4 members (excludes halogenated alkanes) is 1. The van der Waals surface area contributed by atoms with E-state index in [9.17, 15) is 13.2 Å². The highest BCUT2D eigenvalue weighted by atomic mass is 35.7. The van der Waals surface area contributed by atoms with Gasteiger partial charge >= 0.3 is 0 Å². The Kier molecular flexibility index (Phi) is 4.44. The zero-order valence-electron chi connectivity index (χ0n) is 11.7. The smallest absolute Gasteiger partial charge is 0.270 e. The first-order valence-corrected chi connectivity index (χ1v) is 9.07. The van der Waals surface area contributed by atoms with Gasteiger partial charge in [-0.05, 0) is 25.3 Å². The van der Waals surface area contributed by atoms with E-state index in [1.165, 1.54) is 16.8 Å². The Morgan fingerprint density at radius 3 is 2.60 bits per heavy atom. The lowest BCUT2D eigenvalue weighted by Gasteiger charge is -2.22. The van der Waals surface area contributed by atoms with E-state index in [-0.39, 0.29) is 10.8 Å². The van der Waals surface area contributed by atoms with Crippen molar-refractivity contribution in [2.75, 3.05) is 6.54 Å². The zero-order chi connectivity index (χ0) is 14.9. The number of hydrogen-bond donors (Lipinski definition) is 0. The molecule has 0 radical (unpaired) electrons. The molecular formula is C13H19ClN2O3S. The van der Waals surface area contributed by atoms with E-state index in [1.54, 1.807) is 7.05 Å². The van der Waals surface area contributed by atoms with Gasteiger partial charge in [-0.25, -0.2) is 8.42 Å². The van der Waals surface area contributed by atoms with Crippen LogP contribution in [0.3, 0.4) is 0 Å². The molecule has 20 heavy (non-hydrogen) atoms. The lowest BCUT2D eigenvalue weighted by atomic mass is 10.2. The third kappa shape index (κ3) is 3.35. The maximum Gasteiger partial charge on any atom is 0.270 e. The van der Waals surface area contributed by atoms with Crippen molar-refractivity contribution in [1.29, 1.82) is 0 Å². The molecule has 1 aromatic rings. The summed E-state index contributed by atoms with van der Waals surface area (Å²) in [7, 11) is 3.17. The predicted molar refractivity (Wildman–Crippen MR) is 77.4 cm³/mol. The number of carbonyl (C=O) groups is 1. The minimum atomic E-state index is -3.80. The minimum Gasteiger partial charge on any atom is -0.345 e. The van der Waals surface area contributed by atoms with Crippen molar-refractivity contribution >= 4 is 25.6 Å². The van der Waals surface area contributed by atoms with E-state index in [1.807, 2.05) is 4.90 Å². The van der Waals surface area contributed by atoms with Crippen molar-refractivity contribution < 1.29 is 13.2 Å². The maximum absolute atomic E-state index is 12.6. The molecule has 0 aliphatic heterocycles. The summed E-state index contributed by atoms with van der Waals surface area (Å²) in [5.74, 6) is -0.116. The topological polar surface area (TPSA) is 59.4 Å². The highest BCUT2D eigenvalue weighted by Crippen LogP contribution is 2.29. The third-order valence-corrected chi connectivity index (χ3v) is 4.80. The van der Waals surface area contributed by atoms with Gasteiger partial charge in [0.15, 0.2) is 0 Å². The van der Waals surface area contributed by atoms with E-state index in [0.717, 1.165) is 25.7 Å². The Balaban J connectivity index is 2.25. The monoisotopic (exact) mass is 318 g/mol. The second kappa shape index (κ2) is 5.77. The maximum atomic E-state index is 12.6. The Morgan fingerprint density at radius 1 is 1.50 bits per heavy atom. The molecule has 1 heterocycles. The average Bonchev–Trinajstić information content (AvgIpc) is 3.10. The third-order valence-electron chi connectivity index (χ3n) is 3.48. The summed E-state index contributed by atoms with van der Waals surface area (Å²) >= 11 is 0. The van der Waals surface area contributed by atoms with E-state index in [2.05, 4.69) is 6.92 Å². The van der Waals surface area contributed by atoms with Crippen LogP contribution in [0.4, 0.5) is 0 Å². The van der Waals surface area contributed by atoms with Crippen LogP contribution < -0.4 is 0 Å².